The minimum absolute atomic E-state index is 0.113. The van der Waals surface area contributed by atoms with E-state index in [0.717, 1.165) is 22.3 Å². The van der Waals surface area contributed by atoms with E-state index in [-0.39, 0.29) is 5.25 Å². The first-order valence-electron chi connectivity index (χ1n) is 13.7. The minimum atomic E-state index is -0.614. The van der Waals surface area contributed by atoms with E-state index in [0.29, 0.717) is 0 Å². The molecule has 1 aromatic carbocycles. The van der Waals surface area contributed by atoms with Crippen LogP contribution in [0.4, 0.5) is 5.69 Å². The van der Waals surface area contributed by atoms with Gasteiger partial charge in [0.25, 0.3) is 0 Å². The van der Waals surface area contributed by atoms with Crippen LogP contribution in [-0.4, -0.2) is 25.9 Å². The lowest BCUT2D eigenvalue weighted by atomic mass is 10.0. The Labute approximate surface area is 207 Å². The van der Waals surface area contributed by atoms with E-state index >= 15 is 0 Å². The first-order valence-corrected chi connectivity index (χ1v) is 14.7. The first kappa shape index (κ1) is 28.0. The van der Waals surface area contributed by atoms with Crippen LogP contribution in [0.1, 0.15) is 123 Å². The molecule has 5 heteroatoms. The van der Waals surface area contributed by atoms with Gasteiger partial charge in [-0.2, -0.15) is 16.9 Å². The summed E-state index contributed by atoms with van der Waals surface area (Å²) in [5, 5.41) is 16.2. The molecule has 188 valence electrons. The molecule has 0 aliphatic rings. The zero-order valence-electron chi connectivity index (χ0n) is 21.3. The van der Waals surface area contributed by atoms with Crippen LogP contribution < -0.4 is 5.73 Å². The number of unbranched alkanes of at least 4 members (excludes halogenated alkanes) is 15. The molecule has 0 fully saturated rings. The molecule has 2 atom stereocenters. The highest BCUT2D eigenvalue weighted by Crippen LogP contribution is 2.27. The van der Waals surface area contributed by atoms with Crippen molar-refractivity contribution in [2.75, 3.05) is 11.5 Å². The molecule has 0 spiro atoms. The van der Waals surface area contributed by atoms with Gasteiger partial charge >= 0.3 is 0 Å². The fraction of sp³-hybridized carbons (Fsp3) is 0.750. The van der Waals surface area contributed by atoms with Crippen molar-refractivity contribution in [3.63, 3.8) is 0 Å². The number of rotatable bonds is 20. The van der Waals surface area contributed by atoms with E-state index < -0.39 is 6.23 Å². The van der Waals surface area contributed by atoms with Gasteiger partial charge in [-0.3, -0.25) is 0 Å². The summed E-state index contributed by atoms with van der Waals surface area (Å²) in [5.41, 5.74) is 7.50. The molecule has 1 heterocycles. The number of fused-ring (bicyclic) bond motifs is 1. The molecule has 0 radical (unpaired) electrons. The average Bonchev–Trinajstić information content (AvgIpc) is 3.23. The topological polar surface area (TPSA) is 64.1 Å². The Morgan fingerprint density at radius 3 is 1.91 bits per heavy atom. The highest BCUT2D eigenvalue weighted by Gasteiger charge is 2.19. The molecular formula is C28H49N3OS. The number of aromatic nitrogens is 2. The second-order valence-electron chi connectivity index (χ2n) is 9.70. The van der Waals surface area contributed by atoms with Crippen LogP contribution in [0.15, 0.2) is 24.4 Å². The van der Waals surface area contributed by atoms with Crippen molar-refractivity contribution >= 4 is 28.4 Å². The van der Waals surface area contributed by atoms with Crippen molar-refractivity contribution in [2.24, 2.45) is 0 Å². The quantitative estimate of drug-likeness (QED) is 0.149. The van der Waals surface area contributed by atoms with Gasteiger partial charge in [0.1, 0.15) is 0 Å². The molecule has 0 aliphatic heterocycles. The van der Waals surface area contributed by atoms with Crippen molar-refractivity contribution < 1.29 is 5.11 Å². The Morgan fingerprint density at radius 2 is 1.36 bits per heavy atom. The van der Waals surface area contributed by atoms with E-state index in [1.165, 1.54) is 103 Å². The molecule has 0 aliphatic carbocycles. The highest BCUT2D eigenvalue weighted by atomic mass is 32.2. The lowest BCUT2D eigenvalue weighted by Crippen LogP contribution is -2.20. The standard InChI is InChI=1S/C28H49N3OS/c1-3-4-5-6-7-8-9-10-11-12-13-14-15-16-17-18-21-33-24(2)28(32)31-27-20-19-26(29)22-25(27)23-30-31/h19-20,22-24,28,32H,3-18,21,29H2,1-2H3. The van der Waals surface area contributed by atoms with Crippen LogP contribution >= 0.6 is 11.8 Å². The van der Waals surface area contributed by atoms with E-state index in [1.54, 1.807) is 10.9 Å². The van der Waals surface area contributed by atoms with E-state index in [1.807, 2.05) is 30.0 Å². The lowest BCUT2D eigenvalue weighted by molar-refractivity contribution is 0.0971. The number of hydrogen-bond donors (Lipinski definition) is 2. The number of nitrogen functional groups attached to an aromatic ring is 1. The van der Waals surface area contributed by atoms with Gasteiger partial charge in [0.2, 0.25) is 0 Å². The number of nitrogens with two attached hydrogens (primary N) is 1. The maximum atomic E-state index is 10.7. The minimum Gasteiger partial charge on any atom is -0.399 e. The van der Waals surface area contributed by atoms with Gasteiger partial charge in [0.05, 0.1) is 11.7 Å². The third kappa shape index (κ3) is 11.2. The fourth-order valence-electron chi connectivity index (χ4n) is 4.49. The van der Waals surface area contributed by atoms with Gasteiger partial charge in [-0.05, 0) is 37.3 Å². The Bertz CT molecular complexity index is 748. The number of thioether (sulfide) groups is 1. The van der Waals surface area contributed by atoms with Gasteiger partial charge in [-0.1, -0.05) is 103 Å². The summed E-state index contributed by atoms with van der Waals surface area (Å²) >= 11 is 1.85. The summed E-state index contributed by atoms with van der Waals surface area (Å²) in [6.07, 6.45) is 23.5. The predicted molar refractivity (Wildman–Crippen MR) is 147 cm³/mol. The van der Waals surface area contributed by atoms with Crippen molar-refractivity contribution in [3.05, 3.63) is 24.4 Å². The van der Waals surface area contributed by atoms with Gasteiger partial charge in [0, 0.05) is 16.3 Å². The number of hydrogen-bond acceptors (Lipinski definition) is 4. The molecule has 33 heavy (non-hydrogen) atoms. The number of aliphatic hydroxyl groups excluding tert-OH is 1. The largest absolute Gasteiger partial charge is 0.399 e. The summed E-state index contributed by atoms with van der Waals surface area (Å²) in [4.78, 5) is 0. The van der Waals surface area contributed by atoms with Gasteiger partial charge < -0.3 is 10.8 Å². The highest BCUT2D eigenvalue weighted by molar-refractivity contribution is 7.99. The van der Waals surface area contributed by atoms with Crippen LogP contribution in [0.5, 0.6) is 0 Å². The molecule has 1 aromatic heterocycles. The molecule has 0 saturated heterocycles. The van der Waals surface area contributed by atoms with Crippen LogP contribution in [0.2, 0.25) is 0 Å². The Kier molecular flexibility index (Phi) is 14.7. The van der Waals surface area contributed by atoms with E-state index in [9.17, 15) is 5.11 Å². The van der Waals surface area contributed by atoms with Gasteiger partial charge in [-0.25, -0.2) is 4.68 Å². The number of nitrogens with zero attached hydrogens (tertiary/aromatic N) is 2. The van der Waals surface area contributed by atoms with E-state index in [4.69, 9.17) is 5.73 Å². The van der Waals surface area contributed by atoms with Gasteiger partial charge in [-0.15, -0.1) is 0 Å². The summed E-state index contributed by atoms with van der Waals surface area (Å²) in [7, 11) is 0. The molecule has 2 unspecified atom stereocenters. The average molecular weight is 476 g/mol. The summed E-state index contributed by atoms with van der Waals surface area (Å²) in [6.45, 7) is 4.38. The maximum Gasteiger partial charge on any atom is 0.159 e. The molecule has 0 saturated carbocycles. The number of anilines is 1. The summed E-state index contributed by atoms with van der Waals surface area (Å²) in [5.74, 6) is 1.10. The molecule has 0 amide bonds. The number of benzene rings is 1. The van der Waals surface area contributed by atoms with Crippen molar-refractivity contribution in [3.8, 4) is 0 Å². The van der Waals surface area contributed by atoms with Crippen molar-refractivity contribution in [2.45, 2.75) is 128 Å². The SMILES string of the molecule is CCCCCCCCCCCCCCCCCCSC(C)C(O)n1ncc2cc(N)ccc21. The zero-order chi connectivity index (χ0) is 23.7. The van der Waals surface area contributed by atoms with E-state index in [2.05, 4.69) is 18.9 Å². The molecule has 4 nitrogen and oxygen atoms in total. The lowest BCUT2D eigenvalue weighted by Gasteiger charge is -2.19. The second-order valence-corrected chi connectivity index (χ2v) is 11.2. The van der Waals surface area contributed by atoms with Crippen LogP contribution in [-0.2, 0) is 0 Å². The molecule has 2 aromatic rings. The van der Waals surface area contributed by atoms with Gasteiger partial charge in [0.15, 0.2) is 6.23 Å². The monoisotopic (exact) mass is 475 g/mol. The molecule has 3 N–H and O–H groups in total. The normalized spacial score (nSPS) is 13.5. The smallest absolute Gasteiger partial charge is 0.159 e. The van der Waals surface area contributed by atoms with Crippen LogP contribution in [0.3, 0.4) is 0 Å². The third-order valence-electron chi connectivity index (χ3n) is 6.67. The Morgan fingerprint density at radius 1 is 0.848 bits per heavy atom. The summed E-state index contributed by atoms with van der Waals surface area (Å²) < 4.78 is 1.72. The summed E-state index contributed by atoms with van der Waals surface area (Å²) in [6, 6.07) is 5.70. The zero-order valence-corrected chi connectivity index (χ0v) is 22.1. The second kappa shape index (κ2) is 17.3. The molecular weight excluding hydrogens is 426 g/mol. The Hall–Kier alpha value is -1.20. The first-order chi connectivity index (χ1) is 16.1. The van der Waals surface area contributed by atoms with Crippen LogP contribution in [0, 0.1) is 0 Å². The Balaban J connectivity index is 1.41. The third-order valence-corrected chi connectivity index (χ3v) is 7.96. The predicted octanol–water partition coefficient (Wildman–Crippen LogP) is 8.49. The van der Waals surface area contributed by atoms with Crippen molar-refractivity contribution in [1.29, 1.82) is 0 Å². The molecule has 0 bridgehead atoms. The maximum absolute atomic E-state index is 10.7. The fourth-order valence-corrected chi connectivity index (χ4v) is 5.52. The number of aliphatic hydroxyl groups is 1. The molecule has 2 rings (SSSR count). The van der Waals surface area contributed by atoms with Crippen LogP contribution in [0.25, 0.3) is 10.9 Å². The van der Waals surface area contributed by atoms with Crippen molar-refractivity contribution in [1.82, 2.24) is 9.78 Å².